The first-order valence-corrected chi connectivity index (χ1v) is 21.9. The van der Waals surface area contributed by atoms with Gasteiger partial charge >= 0.3 is 19.3 Å². The lowest BCUT2D eigenvalue weighted by molar-refractivity contribution is 0.00578. The first kappa shape index (κ1) is 40.8. The van der Waals surface area contributed by atoms with Crippen LogP contribution in [0.2, 0.25) is 18.1 Å². The van der Waals surface area contributed by atoms with Crippen molar-refractivity contribution in [2.45, 2.75) is 97.6 Å². The molecule has 10 nitrogen and oxygen atoms in total. The van der Waals surface area contributed by atoms with E-state index >= 15 is 0 Å². The zero-order valence-electron chi connectivity index (χ0n) is 34.1. The van der Waals surface area contributed by atoms with E-state index in [9.17, 15) is 9.59 Å². The van der Waals surface area contributed by atoms with E-state index in [1.807, 2.05) is 113 Å². The third-order valence-corrected chi connectivity index (χ3v) is 15.9. The smallest absolute Gasteiger partial charge is 0.494 e. The number of hydrogen-bond acceptors (Lipinski definition) is 8. The predicted molar refractivity (Wildman–Crippen MR) is 226 cm³/mol. The molecular weight excluding hydrogens is 723 g/mol. The minimum absolute atomic E-state index is 0.0135. The lowest BCUT2D eigenvalue weighted by Gasteiger charge is -2.36. The van der Waals surface area contributed by atoms with Crippen LogP contribution in [0, 0.1) is 0 Å². The van der Waals surface area contributed by atoms with Crippen LogP contribution in [0.5, 0.6) is 5.75 Å². The summed E-state index contributed by atoms with van der Waals surface area (Å²) in [7, 11) is -0.921. The van der Waals surface area contributed by atoms with Gasteiger partial charge in [0, 0.05) is 16.3 Å². The Bertz CT molecular complexity index is 2230. The summed E-state index contributed by atoms with van der Waals surface area (Å²) in [5.41, 5.74) is 3.63. The number of rotatable bonds is 11. The Morgan fingerprint density at radius 2 is 1.11 bits per heavy atom. The van der Waals surface area contributed by atoms with Crippen LogP contribution in [0.3, 0.4) is 0 Å². The Kier molecular flexibility index (Phi) is 11.6. The predicted octanol–water partition coefficient (Wildman–Crippen LogP) is 10.3. The SMILES string of the molecule is COc1cc(B2OC(C)(C)C(C)(C)O2)ccc1COC(=O)Nc1ccc(COC(=O)Nc2ccc(CO[Si](C)(C)C(C)(C)C)c3ccccc23)c2ccccc12. The lowest BCUT2D eigenvalue weighted by Crippen LogP contribution is -2.41. The summed E-state index contributed by atoms with van der Waals surface area (Å²) in [6.45, 7) is 19.7. The Balaban J connectivity index is 1.08. The fraction of sp³-hybridized carbons (Fsp3) is 0.364. The highest BCUT2D eigenvalue weighted by atomic mass is 28.4. The molecule has 0 unspecified atom stereocenters. The molecule has 5 aromatic rings. The van der Waals surface area contributed by atoms with Crippen LogP contribution in [0.4, 0.5) is 21.0 Å². The average Bonchev–Trinajstić information content (AvgIpc) is 3.38. The highest BCUT2D eigenvalue weighted by molar-refractivity contribution is 6.74. The van der Waals surface area contributed by atoms with Gasteiger partial charge in [0.1, 0.15) is 19.0 Å². The van der Waals surface area contributed by atoms with Crippen molar-refractivity contribution in [1.82, 2.24) is 0 Å². The Labute approximate surface area is 331 Å². The molecule has 0 radical (unpaired) electrons. The Morgan fingerprint density at radius 1 is 0.661 bits per heavy atom. The molecule has 1 aliphatic rings. The first-order valence-electron chi connectivity index (χ1n) is 18.9. The maximum Gasteiger partial charge on any atom is 0.494 e. The highest BCUT2D eigenvalue weighted by Gasteiger charge is 2.51. The third-order valence-electron chi connectivity index (χ3n) is 11.5. The van der Waals surface area contributed by atoms with Crippen LogP contribution in [-0.2, 0) is 43.0 Å². The second kappa shape index (κ2) is 15.9. The topological polar surface area (TPSA) is 114 Å². The van der Waals surface area contributed by atoms with E-state index in [0.717, 1.165) is 38.1 Å². The molecule has 0 spiro atoms. The Hall–Kier alpha value is -4.88. The minimum Gasteiger partial charge on any atom is -0.496 e. The van der Waals surface area contributed by atoms with Gasteiger partial charge in [-0.3, -0.25) is 10.6 Å². The standard InChI is InChI=1S/C44H53BN2O8Si/c1-42(2,3)56(9,10)53-28-30-21-24-38(36-18-14-12-16-34(30)36)46-40(48)51-26-29-20-23-37(35-17-13-11-15-33(29)35)47-41(49)52-27-31-19-22-32(25-39(31)50-8)45-54-43(4,5)44(6,7)55-45/h11-25H,26-28H2,1-10H3,(H,46,48)(H,47,49). The van der Waals surface area contributed by atoms with Crippen molar-refractivity contribution in [1.29, 1.82) is 0 Å². The number of carbonyl (C=O) groups is 2. The van der Waals surface area contributed by atoms with Gasteiger partial charge < -0.3 is 27.9 Å². The summed E-state index contributed by atoms with van der Waals surface area (Å²) in [5, 5.41) is 9.44. The summed E-state index contributed by atoms with van der Waals surface area (Å²) in [6.07, 6.45) is -1.20. The molecule has 1 saturated heterocycles. The fourth-order valence-electron chi connectivity index (χ4n) is 6.25. The third kappa shape index (κ3) is 8.73. The molecule has 12 heteroatoms. The number of nitrogens with one attached hydrogen (secondary N) is 2. The lowest BCUT2D eigenvalue weighted by atomic mass is 9.78. The average molecular weight is 777 g/mol. The summed E-state index contributed by atoms with van der Waals surface area (Å²) in [6, 6.07) is 28.7. The molecule has 0 aliphatic carbocycles. The van der Waals surface area contributed by atoms with Crippen LogP contribution in [-0.4, -0.2) is 45.9 Å². The fourth-order valence-corrected chi connectivity index (χ4v) is 7.20. The van der Waals surface area contributed by atoms with E-state index in [1.165, 1.54) is 0 Å². The zero-order chi connectivity index (χ0) is 40.5. The molecule has 6 rings (SSSR count). The maximum absolute atomic E-state index is 13.2. The molecule has 0 aromatic heterocycles. The van der Waals surface area contributed by atoms with Gasteiger partial charge in [0.05, 0.1) is 36.3 Å². The monoisotopic (exact) mass is 776 g/mol. The number of hydrogen-bond donors (Lipinski definition) is 2. The number of benzene rings is 5. The van der Waals surface area contributed by atoms with E-state index in [4.69, 9.17) is 27.9 Å². The quantitative estimate of drug-likeness (QED) is 0.128. The van der Waals surface area contributed by atoms with E-state index in [2.05, 4.69) is 44.5 Å². The van der Waals surface area contributed by atoms with Crippen molar-refractivity contribution in [2.75, 3.05) is 17.7 Å². The molecule has 1 fully saturated rings. The number of methoxy groups -OCH3 is 1. The number of carbonyl (C=O) groups excluding carboxylic acids is 2. The molecule has 1 heterocycles. The van der Waals surface area contributed by atoms with E-state index < -0.39 is 38.8 Å². The molecule has 56 heavy (non-hydrogen) atoms. The van der Waals surface area contributed by atoms with Crippen molar-refractivity contribution in [3.05, 3.63) is 108 Å². The van der Waals surface area contributed by atoms with Gasteiger partial charge in [-0.05, 0) is 91.4 Å². The van der Waals surface area contributed by atoms with Crippen molar-refractivity contribution in [2.24, 2.45) is 0 Å². The van der Waals surface area contributed by atoms with E-state index in [-0.39, 0.29) is 18.3 Å². The Morgan fingerprint density at radius 3 is 1.59 bits per heavy atom. The van der Waals surface area contributed by atoms with Crippen LogP contribution in [0.1, 0.15) is 65.2 Å². The van der Waals surface area contributed by atoms with Crippen molar-refractivity contribution >= 4 is 66.0 Å². The summed E-state index contributed by atoms with van der Waals surface area (Å²) in [5.74, 6) is 0.556. The molecule has 0 saturated carbocycles. The van der Waals surface area contributed by atoms with Crippen molar-refractivity contribution in [3.63, 3.8) is 0 Å². The van der Waals surface area contributed by atoms with E-state index in [1.54, 1.807) is 13.2 Å². The van der Waals surface area contributed by atoms with Crippen LogP contribution >= 0.6 is 0 Å². The number of ether oxygens (including phenoxy) is 3. The summed E-state index contributed by atoms with van der Waals surface area (Å²) in [4.78, 5) is 26.2. The molecule has 0 bridgehead atoms. The molecule has 294 valence electrons. The minimum atomic E-state index is -1.95. The van der Waals surface area contributed by atoms with Gasteiger partial charge in [-0.2, -0.15) is 0 Å². The van der Waals surface area contributed by atoms with Gasteiger partial charge in [-0.25, -0.2) is 9.59 Å². The molecular formula is C44H53BN2O8Si. The number of amides is 2. The first-order chi connectivity index (χ1) is 26.4. The second-order valence-corrected chi connectivity index (χ2v) is 21.6. The normalized spacial score (nSPS) is 15.1. The molecule has 1 aliphatic heterocycles. The van der Waals surface area contributed by atoms with Gasteiger partial charge in [-0.1, -0.05) is 93.6 Å². The molecule has 5 aromatic carbocycles. The summed E-state index contributed by atoms with van der Waals surface area (Å²) < 4.78 is 35.9. The highest BCUT2D eigenvalue weighted by Crippen LogP contribution is 2.39. The van der Waals surface area contributed by atoms with E-state index in [0.29, 0.717) is 29.3 Å². The largest absolute Gasteiger partial charge is 0.496 e. The maximum atomic E-state index is 13.2. The number of fused-ring (bicyclic) bond motifs is 2. The van der Waals surface area contributed by atoms with Gasteiger partial charge in [-0.15, -0.1) is 0 Å². The molecule has 2 N–H and O–H groups in total. The van der Waals surface area contributed by atoms with Crippen molar-refractivity contribution < 1.29 is 37.5 Å². The van der Waals surface area contributed by atoms with Crippen LogP contribution in [0.15, 0.2) is 91.0 Å². The van der Waals surface area contributed by atoms with Crippen LogP contribution < -0.4 is 20.8 Å². The zero-order valence-corrected chi connectivity index (χ0v) is 35.1. The van der Waals surface area contributed by atoms with Gasteiger partial charge in [0.15, 0.2) is 8.32 Å². The molecule has 2 amide bonds. The number of anilines is 2. The summed E-state index contributed by atoms with van der Waals surface area (Å²) >= 11 is 0. The molecule has 0 atom stereocenters. The van der Waals surface area contributed by atoms with Crippen molar-refractivity contribution in [3.8, 4) is 5.75 Å². The van der Waals surface area contributed by atoms with Gasteiger partial charge in [0.25, 0.3) is 0 Å². The van der Waals surface area contributed by atoms with Crippen LogP contribution in [0.25, 0.3) is 21.5 Å². The van der Waals surface area contributed by atoms with Gasteiger partial charge in [0.2, 0.25) is 0 Å². The second-order valence-electron chi connectivity index (χ2n) is 16.7.